The lowest BCUT2D eigenvalue weighted by Crippen LogP contribution is -2.24. The molecule has 0 unspecified atom stereocenters. The molecule has 0 aliphatic carbocycles. The van der Waals surface area contributed by atoms with Gasteiger partial charge >= 0.3 is 5.97 Å². The standard InChI is InChI=1S/C25H29N3O3/c1-3-5-8-18-11-13-20(14-12-18)27-16-19(15-23(27)29)25-26-21-9-6-7-10-22(21)28(25)17-24(30)31-4-2/h6-7,9-14,19H,3-5,8,15-17H2,1-2H3/t19-/m0/s1. The third-order valence-electron chi connectivity index (χ3n) is 5.83. The number of carbonyl (C=O) groups excluding carboxylic acids is 2. The molecule has 6 heteroatoms. The van der Waals surface area contributed by atoms with Gasteiger partial charge in [-0.1, -0.05) is 37.6 Å². The Kier molecular flexibility index (Phi) is 6.35. The number of unbranched alkanes of at least 4 members (excludes halogenated alkanes) is 1. The molecule has 0 radical (unpaired) electrons. The third-order valence-corrected chi connectivity index (χ3v) is 5.83. The average Bonchev–Trinajstić information content (AvgIpc) is 3.33. The molecule has 4 rings (SSSR count). The van der Waals surface area contributed by atoms with E-state index in [1.165, 1.54) is 18.4 Å². The van der Waals surface area contributed by atoms with Gasteiger partial charge in [0, 0.05) is 24.6 Å². The number of esters is 1. The van der Waals surface area contributed by atoms with Crippen molar-refractivity contribution in [3.05, 3.63) is 59.9 Å². The van der Waals surface area contributed by atoms with E-state index in [0.717, 1.165) is 29.0 Å². The minimum absolute atomic E-state index is 0.0749. The fourth-order valence-corrected chi connectivity index (χ4v) is 4.26. The zero-order valence-corrected chi connectivity index (χ0v) is 18.2. The minimum Gasteiger partial charge on any atom is -0.465 e. The molecule has 1 saturated heterocycles. The molecule has 1 aromatic heterocycles. The lowest BCUT2D eigenvalue weighted by Gasteiger charge is -2.18. The molecule has 1 amide bonds. The molecule has 1 aliphatic rings. The normalized spacial score (nSPS) is 16.3. The van der Waals surface area contributed by atoms with Gasteiger partial charge in [-0.05, 0) is 49.6 Å². The zero-order chi connectivity index (χ0) is 21.8. The number of aryl methyl sites for hydroxylation is 1. The summed E-state index contributed by atoms with van der Waals surface area (Å²) in [4.78, 5) is 31.7. The van der Waals surface area contributed by atoms with Gasteiger partial charge in [-0.15, -0.1) is 0 Å². The van der Waals surface area contributed by atoms with Gasteiger partial charge in [0.1, 0.15) is 12.4 Å². The molecular weight excluding hydrogens is 390 g/mol. The number of hydrogen-bond donors (Lipinski definition) is 0. The van der Waals surface area contributed by atoms with Crippen LogP contribution in [-0.2, 0) is 27.3 Å². The summed E-state index contributed by atoms with van der Waals surface area (Å²) in [5, 5.41) is 0. The molecule has 0 bridgehead atoms. The van der Waals surface area contributed by atoms with Crippen molar-refractivity contribution in [1.29, 1.82) is 0 Å². The number of fused-ring (bicyclic) bond motifs is 1. The largest absolute Gasteiger partial charge is 0.465 e. The molecular formula is C25H29N3O3. The van der Waals surface area contributed by atoms with Crippen LogP contribution in [0.2, 0.25) is 0 Å². The van der Waals surface area contributed by atoms with Gasteiger partial charge in [0.05, 0.1) is 17.6 Å². The first-order valence-corrected chi connectivity index (χ1v) is 11.1. The minimum atomic E-state index is -0.296. The molecule has 6 nitrogen and oxygen atoms in total. The van der Waals surface area contributed by atoms with Crippen molar-refractivity contribution in [2.45, 2.75) is 52.0 Å². The van der Waals surface area contributed by atoms with E-state index in [1.807, 2.05) is 45.9 Å². The zero-order valence-electron chi connectivity index (χ0n) is 18.2. The summed E-state index contributed by atoms with van der Waals surface area (Å²) in [6.07, 6.45) is 3.77. The summed E-state index contributed by atoms with van der Waals surface area (Å²) < 4.78 is 7.07. The number of amides is 1. The Hall–Kier alpha value is -3.15. The number of para-hydroxylation sites is 2. The van der Waals surface area contributed by atoms with Crippen LogP contribution in [0.1, 0.15) is 50.4 Å². The van der Waals surface area contributed by atoms with Crippen molar-refractivity contribution in [3.63, 3.8) is 0 Å². The van der Waals surface area contributed by atoms with Crippen LogP contribution in [0.3, 0.4) is 0 Å². The van der Waals surface area contributed by atoms with E-state index in [1.54, 1.807) is 6.92 Å². The second-order valence-electron chi connectivity index (χ2n) is 8.03. The highest BCUT2D eigenvalue weighted by atomic mass is 16.5. The first kappa shape index (κ1) is 21.1. The molecule has 0 saturated carbocycles. The van der Waals surface area contributed by atoms with E-state index >= 15 is 0 Å². The Balaban J connectivity index is 1.59. The van der Waals surface area contributed by atoms with Crippen LogP contribution in [0.5, 0.6) is 0 Å². The van der Waals surface area contributed by atoms with Crippen molar-refractivity contribution in [2.75, 3.05) is 18.1 Å². The van der Waals surface area contributed by atoms with E-state index in [-0.39, 0.29) is 24.3 Å². The van der Waals surface area contributed by atoms with Gasteiger partial charge in [-0.2, -0.15) is 0 Å². The summed E-state index contributed by atoms with van der Waals surface area (Å²) >= 11 is 0. The summed E-state index contributed by atoms with van der Waals surface area (Å²) in [6.45, 7) is 4.98. The van der Waals surface area contributed by atoms with Crippen molar-refractivity contribution in [1.82, 2.24) is 9.55 Å². The second kappa shape index (κ2) is 9.33. The number of rotatable bonds is 8. The topological polar surface area (TPSA) is 64.4 Å². The molecule has 2 heterocycles. The van der Waals surface area contributed by atoms with Crippen LogP contribution in [-0.4, -0.2) is 34.6 Å². The van der Waals surface area contributed by atoms with Crippen LogP contribution in [0.4, 0.5) is 5.69 Å². The fraction of sp³-hybridized carbons (Fsp3) is 0.400. The van der Waals surface area contributed by atoms with Crippen LogP contribution < -0.4 is 4.90 Å². The molecule has 1 atom stereocenters. The third kappa shape index (κ3) is 4.48. The second-order valence-corrected chi connectivity index (χ2v) is 8.03. The number of aromatic nitrogens is 2. The van der Waals surface area contributed by atoms with E-state index in [2.05, 4.69) is 19.1 Å². The van der Waals surface area contributed by atoms with Crippen molar-refractivity contribution in [3.8, 4) is 0 Å². The Labute approximate surface area is 182 Å². The summed E-state index contributed by atoms with van der Waals surface area (Å²) in [7, 11) is 0. The van der Waals surface area contributed by atoms with E-state index in [9.17, 15) is 9.59 Å². The average molecular weight is 420 g/mol. The monoisotopic (exact) mass is 419 g/mol. The highest BCUT2D eigenvalue weighted by Crippen LogP contribution is 2.33. The van der Waals surface area contributed by atoms with E-state index in [4.69, 9.17) is 9.72 Å². The number of carbonyl (C=O) groups is 2. The number of hydrogen-bond acceptors (Lipinski definition) is 4. The Morgan fingerprint density at radius 2 is 1.90 bits per heavy atom. The number of anilines is 1. The van der Waals surface area contributed by atoms with E-state index in [0.29, 0.717) is 19.6 Å². The molecule has 31 heavy (non-hydrogen) atoms. The maximum absolute atomic E-state index is 12.9. The lowest BCUT2D eigenvalue weighted by molar-refractivity contribution is -0.143. The molecule has 0 spiro atoms. The van der Waals surface area contributed by atoms with Gasteiger partial charge < -0.3 is 14.2 Å². The highest BCUT2D eigenvalue weighted by molar-refractivity contribution is 5.96. The van der Waals surface area contributed by atoms with Gasteiger partial charge in [0.25, 0.3) is 0 Å². The quantitative estimate of drug-likeness (QED) is 0.506. The fourth-order valence-electron chi connectivity index (χ4n) is 4.26. The predicted molar refractivity (Wildman–Crippen MR) is 121 cm³/mol. The smallest absolute Gasteiger partial charge is 0.326 e. The van der Waals surface area contributed by atoms with Crippen LogP contribution in [0, 0.1) is 0 Å². The maximum Gasteiger partial charge on any atom is 0.326 e. The van der Waals surface area contributed by atoms with Crippen LogP contribution in [0.15, 0.2) is 48.5 Å². The molecule has 0 N–H and O–H groups in total. The van der Waals surface area contributed by atoms with Gasteiger partial charge in [0.15, 0.2) is 0 Å². The van der Waals surface area contributed by atoms with Gasteiger partial charge in [-0.25, -0.2) is 4.98 Å². The molecule has 1 aliphatic heterocycles. The first-order chi connectivity index (χ1) is 15.1. The van der Waals surface area contributed by atoms with Crippen molar-refractivity contribution < 1.29 is 14.3 Å². The van der Waals surface area contributed by atoms with Crippen LogP contribution in [0.25, 0.3) is 11.0 Å². The lowest BCUT2D eigenvalue weighted by atomic mass is 10.1. The van der Waals surface area contributed by atoms with Crippen molar-refractivity contribution in [2.24, 2.45) is 0 Å². The Morgan fingerprint density at radius 3 is 2.65 bits per heavy atom. The first-order valence-electron chi connectivity index (χ1n) is 11.1. The predicted octanol–water partition coefficient (Wildman–Crippen LogP) is 4.46. The maximum atomic E-state index is 12.9. The molecule has 2 aromatic carbocycles. The molecule has 1 fully saturated rings. The van der Waals surface area contributed by atoms with Gasteiger partial charge in [0.2, 0.25) is 5.91 Å². The number of nitrogens with zero attached hydrogens (tertiary/aromatic N) is 3. The van der Waals surface area contributed by atoms with E-state index < -0.39 is 0 Å². The Bertz CT molecular complexity index is 1070. The van der Waals surface area contributed by atoms with Gasteiger partial charge in [-0.3, -0.25) is 9.59 Å². The summed E-state index contributed by atoms with van der Waals surface area (Å²) in [6, 6.07) is 16.0. The number of benzene rings is 2. The summed E-state index contributed by atoms with van der Waals surface area (Å²) in [5.74, 6) is 0.482. The highest BCUT2D eigenvalue weighted by Gasteiger charge is 2.35. The molecule has 162 valence electrons. The van der Waals surface area contributed by atoms with Crippen molar-refractivity contribution >= 4 is 28.6 Å². The van der Waals surface area contributed by atoms with Crippen LogP contribution >= 0.6 is 0 Å². The number of imidazole rings is 1. The SMILES string of the molecule is CCCCc1ccc(N2C[C@@H](c3nc4ccccc4n3CC(=O)OCC)CC2=O)cc1. The number of ether oxygens (including phenoxy) is 1. The molecule has 3 aromatic rings. The summed E-state index contributed by atoms with van der Waals surface area (Å²) in [5.41, 5.74) is 3.93. The Morgan fingerprint density at radius 1 is 1.13 bits per heavy atom.